The quantitative estimate of drug-likeness (QED) is 0.857. The molecule has 1 N–H and O–H groups in total. The molecule has 2 aromatic rings. The van der Waals surface area contributed by atoms with E-state index >= 15 is 0 Å². The summed E-state index contributed by atoms with van der Waals surface area (Å²) in [6.07, 6.45) is 0.206. The highest BCUT2D eigenvalue weighted by Crippen LogP contribution is 2.29. The predicted molar refractivity (Wildman–Crippen MR) is 70.9 cm³/mol. The molecule has 1 aliphatic rings. The Bertz CT molecular complexity index is 738. The standard InChI is InChI=1S/C13H13FN4O2/c1-7-3-4-8-11(10(7)14)17(2)16-12(8)18-6-5-9(19)15-13(18)20/h3-4H,5-6H2,1-2H3,(H,15,19,20). The average molecular weight is 276 g/mol. The van der Waals surface area contributed by atoms with Gasteiger partial charge in [0, 0.05) is 25.4 Å². The largest absolute Gasteiger partial charge is 0.329 e. The Kier molecular flexibility index (Phi) is 2.70. The van der Waals surface area contributed by atoms with Crippen molar-refractivity contribution in [3.05, 3.63) is 23.5 Å². The number of aryl methyl sites for hydroxylation is 2. The van der Waals surface area contributed by atoms with Crippen LogP contribution in [0.4, 0.5) is 15.0 Å². The maximum Gasteiger partial charge on any atom is 0.329 e. The molecule has 1 aromatic carbocycles. The number of amides is 3. The third kappa shape index (κ3) is 1.74. The summed E-state index contributed by atoms with van der Waals surface area (Å²) in [6.45, 7) is 1.92. The van der Waals surface area contributed by atoms with Gasteiger partial charge in [-0.05, 0) is 18.6 Å². The van der Waals surface area contributed by atoms with Gasteiger partial charge in [-0.3, -0.25) is 19.7 Å². The Morgan fingerprint density at radius 2 is 2.10 bits per heavy atom. The minimum Gasteiger partial charge on any atom is -0.278 e. The van der Waals surface area contributed by atoms with Crippen LogP contribution in [0.2, 0.25) is 0 Å². The van der Waals surface area contributed by atoms with E-state index in [1.807, 2.05) is 0 Å². The first-order valence-electron chi connectivity index (χ1n) is 6.22. The number of benzene rings is 1. The molecule has 3 amide bonds. The highest BCUT2D eigenvalue weighted by molar-refractivity contribution is 6.08. The summed E-state index contributed by atoms with van der Waals surface area (Å²) in [4.78, 5) is 24.4. The normalized spacial score (nSPS) is 15.8. The third-order valence-corrected chi connectivity index (χ3v) is 3.43. The zero-order chi connectivity index (χ0) is 14.4. The fourth-order valence-electron chi connectivity index (χ4n) is 2.37. The van der Waals surface area contributed by atoms with E-state index in [1.165, 1.54) is 9.58 Å². The number of nitrogens with zero attached hydrogens (tertiary/aromatic N) is 3. The zero-order valence-corrected chi connectivity index (χ0v) is 11.1. The van der Waals surface area contributed by atoms with Crippen LogP contribution < -0.4 is 10.2 Å². The highest BCUT2D eigenvalue weighted by atomic mass is 19.1. The SMILES string of the molecule is Cc1ccc2c(N3CCC(=O)NC3=O)nn(C)c2c1F. The van der Waals surface area contributed by atoms with E-state index in [0.29, 0.717) is 22.3 Å². The molecule has 20 heavy (non-hydrogen) atoms. The average Bonchev–Trinajstić information content (AvgIpc) is 2.72. The van der Waals surface area contributed by atoms with Gasteiger partial charge in [-0.1, -0.05) is 6.07 Å². The van der Waals surface area contributed by atoms with Crippen molar-refractivity contribution in [1.82, 2.24) is 15.1 Å². The van der Waals surface area contributed by atoms with Crippen molar-refractivity contribution in [3.63, 3.8) is 0 Å². The van der Waals surface area contributed by atoms with E-state index in [1.54, 1.807) is 26.1 Å². The monoisotopic (exact) mass is 276 g/mol. The summed E-state index contributed by atoms with van der Waals surface area (Å²) in [5, 5.41) is 7.01. The molecule has 3 rings (SSSR count). The van der Waals surface area contributed by atoms with Crippen molar-refractivity contribution in [2.24, 2.45) is 7.05 Å². The van der Waals surface area contributed by atoms with E-state index < -0.39 is 6.03 Å². The Morgan fingerprint density at radius 1 is 1.35 bits per heavy atom. The molecule has 0 bridgehead atoms. The van der Waals surface area contributed by atoms with Crippen molar-refractivity contribution >= 4 is 28.7 Å². The van der Waals surface area contributed by atoms with Crippen molar-refractivity contribution in [3.8, 4) is 0 Å². The molecule has 7 heteroatoms. The van der Waals surface area contributed by atoms with Crippen LogP contribution >= 0.6 is 0 Å². The molecule has 0 spiro atoms. The second kappa shape index (κ2) is 4.29. The van der Waals surface area contributed by atoms with Crippen molar-refractivity contribution in [2.45, 2.75) is 13.3 Å². The van der Waals surface area contributed by atoms with Crippen LogP contribution in [0.15, 0.2) is 12.1 Å². The minimum atomic E-state index is -0.526. The van der Waals surface area contributed by atoms with Crippen LogP contribution in [0, 0.1) is 12.7 Å². The summed E-state index contributed by atoms with van der Waals surface area (Å²) < 4.78 is 15.6. The number of urea groups is 1. The zero-order valence-electron chi connectivity index (χ0n) is 11.1. The second-order valence-corrected chi connectivity index (χ2v) is 4.79. The highest BCUT2D eigenvalue weighted by Gasteiger charge is 2.28. The number of anilines is 1. The first-order valence-corrected chi connectivity index (χ1v) is 6.22. The van der Waals surface area contributed by atoms with Crippen LogP contribution in [0.5, 0.6) is 0 Å². The van der Waals surface area contributed by atoms with E-state index in [0.717, 1.165) is 0 Å². The van der Waals surface area contributed by atoms with Gasteiger partial charge < -0.3 is 0 Å². The molecule has 6 nitrogen and oxygen atoms in total. The van der Waals surface area contributed by atoms with Gasteiger partial charge in [0.2, 0.25) is 5.91 Å². The number of halogens is 1. The van der Waals surface area contributed by atoms with Crippen LogP contribution in [0.25, 0.3) is 10.9 Å². The number of fused-ring (bicyclic) bond motifs is 1. The minimum absolute atomic E-state index is 0.206. The molecule has 0 atom stereocenters. The molecular formula is C13H13FN4O2. The number of hydrogen-bond acceptors (Lipinski definition) is 3. The van der Waals surface area contributed by atoms with E-state index in [9.17, 15) is 14.0 Å². The molecule has 104 valence electrons. The summed E-state index contributed by atoms with van der Waals surface area (Å²) in [5.74, 6) is -0.294. The van der Waals surface area contributed by atoms with Crippen molar-refractivity contribution in [1.29, 1.82) is 0 Å². The first kappa shape index (κ1) is 12.6. The van der Waals surface area contributed by atoms with Crippen LogP contribution in [0.3, 0.4) is 0 Å². The van der Waals surface area contributed by atoms with Crippen molar-refractivity contribution in [2.75, 3.05) is 11.4 Å². The number of nitrogens with one attached hydrogen (secondary N) is 1. The molecule has 2 heterocycles. The lowest BCUT2D eigenvalue weighted by Gasteiger charge is -2.24. The molecule has 1 aliphatic heterocycles. The van der Waals surface area contributed by atoms with Gasteiger partial charge in [0.25, 0.3) is 0 Å². The topological polar surface area (TPSA) is 67.2 Å². The van der Waals surface area contributed by atoms with Gasteiger partial charge in [-0.15, -0.1) is 0 Å². The molecule has 0 saturated carbocycles. The van der Waals surface area contributed by atoms with Crippen LogP contribution in [-0.4, -0.2) is 28.3 Å². The molecule has 1 aromatic heterocycles. The molecule has 0 aliphatic carbocycles. The van der Waals surface area contributed by atoms with Gasteiger partial charge in [-0.25, -0.2) is 9.18 Å². The van der Waals surface area contributed by atoms with Gasteiger partial charge in [0.15, 0.2) is 11.6 Å². The molecular weight excluding hydrogens is 263 g/mol. The number of carbonyl (C=O) groups excluding carboxylic acids is 2. The summed E-state index contributed by atoms with van der Waals surface area (Å²) in [5.41, 5.74) is 0.870. The number of imide groups is 1. The lowest BCUT2D eigenvalue weighted by molar-refractivity contribution is -0.120. The van der Waals surface area contributed by atoms with E-state index in [2.05, 4.69) is 10.4 Å². The smallest absolute Gasteiger partial charge is 0.278 e. The number of rotatable bonds is 1. The molecule has 1 saturated heterocycles. The summed E-state index contributed by atoms with van der Waals surface area (Å²) >= 11 is 0. The number of hydrogen-bond donors (Lipinski definition) is 1. The van der Waals surface area contributed by atoms with E-state index in [4.69, 9.17) is 0 Å². The lowest BCUT2D eigenvalue weighted by atomic mass is 10.1. The van der Waals surface area contributed by atoms with Gasteiger partial charge in [-0.2, -0.15) is 5.10 Å². The lowest BCUT2D eigenvalue weighted by Crippen LogP contribution is -2.49. The Balaban J connectivity index is 2.16. The van der Waals surface area contributed by atoms with Gasteiger partial charge >= 0.3 is 6.03 Å². The second-order valence-electron chi connectivity index (χ2n) is 4.79. The summed E-state index contributed by atoms with van der Waals surface area (Å²) in [6, 6.07) is 2.86. The summed E-state index contributed by atoms with van der Waals surface area (Å²) in [7, 11) is 1.63. The van der Waals surface area contributed by atoms with E-state index in [-0.39, 0.29) is 24.7 Å². The number of carbonyl (C=O) groups is 2. The number of aromatic nitrogens is 2. The fraction of sp³-hybridized carbons (Fsp3) is 0.308. The van der Waals surface area contributed by atoms with Crippen LogP contribution in [0.1, 0.15) is 12.0 Å². The third-order valence-electron chi connectivity index (χ3n) is 3.43. The maximum atomic E-state index is 14.2. The Morgan fingerprint density at radius 3 is 2.80 bits per heavy atom. The fourth-order valence-corrected chi connectivity index (χ4v) is 2.37. The van der Waals surface area contributed by atoms with Crippen LogP contribution in [-0.2, 0) is 11.8 Å². The molecule has 1 fully saturated rings. The molecule has 0 radical (unpaired) electrons. The Labute approximate surface area is 114 Å². The predicted octanol–water partition coefficient (Wildman–Crippen LogP) is 1.47. The Hall–Kier alpha value is -2.44. The maximum absolute atomic E-state index is 14.2. The molecule has 0 unspecified atom stereocenters. The van der Waals surface area contributed by atoms with Gasteiger partial charge in [0.1, 0.15) is 5.52 Å². The van der Waals surface area contributed by atoms with Gasteiger partial charge in [0.05, 0.1) is 0 Å². The first-order chi connectivity index (χ1) is 9.49. The van der Waals surface area contributed by atoms with Crippen molar-refractivity contribution < 1.29 is 14.0 Å².